The van der Waals surface area contributed by atoms with Gasteiger partial charge in [0.05, 0.1) is 11.1 Å². The third-order valence-corrected chi connectivity index (χ3v) is 7.39. The Labute approximate surface area is 196 Å². The number of thioether (sulfide) groups is 1. The molecule has 7 heteroatoms. The fraction of sp³-hybridized carbons (Fsp3) is 0.391. The van der Waals surface area contributed by atoms with Crippen LogP contribution in [0.5, 0.6) is 0 Å². The summed E-state index contributed by atoms with van der Waals surface area (Å²) in [5.41, 5.74) is 3.28. The van der Waals surface area contributed by atoms with Gasteiger partial charge in [0.1, 0.15) is 5.82 Å². The van der Waals surface area contributed by atoms with E-state index in [1.54, 1.807) is 0 Å². The van der Waals surface area contributed by atoms with Crippen molar-refractivity contribution in [1.29, 1.82) is 0 Å². The van der Waals surface area contributed by atoms with Crippen LogP contribution in [0.1, 0.15) is 30.3 Å². The van der Waals surface area contributed by atoms with Crippen LogP contribution >= 0.6 is 39.3 Å². The molecule has 2 aromatic carbocycles. The summed E-state index contributed by atoms with van der Waals surface area (Å²) < 4.78 is 3.29. The van der Waals surface area contributed by atoms with Crippen LogP contribution in [0.4, 0.5) is 5.69 Å². The van der Waals surface area contributed by atoms with E-state index in [1.807, 2.05) is 42.9 Å². The minimum absolute atomic E-state index is 0.423. The Morgan fingerprint density at radius 1 is 1.10 bits per heavy atom. The molecular formula is C23H26BrClN4S. The largest absolute Gasteiger partial charge is 0.378 e. The molecule has 158 valence electrons. The van der Waals surface area contributed by atoms with Gasteiger partial charge in [0.15, 0.2) is 5.82 Å². The van der Waals surface area contributed by atoms with E-state index in [0.717, 1.165) is 53.1 Å². The number of nitrogens with zero attached hydrogens (tertiary/aromatic N) is 4. The summed E-state index contributed by atoms with van der Waals surface area (Å²) in [6.07, 6.45) is 4.10. The zero-order valence-electron chi connectivity index (χ0n) is 17.3. The second-order valence-electron chi connectivity index (χ2n) is 7.82. The van der Waals surface area contributed by atoms with E-state index in [1.165, 1.54) is 17.1 Å². The lowest BCUT2D eigenvalue weighted by Crippen LogP contribution is -2.19. The topological polar surface area (TPSA) is 34.0 Å². The predicted octanol–water partition coefficient (Wildman–Crippen LogP) is 6.28. The Morgan fingerprint density at radius 2 is 1.83 bits per heavy atom. The van der Waals surface area contributed by atoms with E-state index < -0.39 is 0 Å². The number of hydrogen-bond acceptors (Lipinski definition) is 4. The van der Waals surface area contributed by atoms with Gasteiger partial charge >= 0.3 is 0 Å². The van der Waals surface area contributed by atoms with Gasteiger partial charge in [-0.05, 0) is 66.7 Å². The highest BCUT2D eigenvalue weighted by Gasteiger charge is 2.22. The first-order chi connectivity index (χ1) is 14.5. The molecule has 0 spiro atoms. The Kier molecular flexibility index (Phi) is 7.06. The molecule has 30 heavy (non-hydrogen) atoms. The molecule has 4 rings (SSSR count). The smallest absolute Gasteiger partial charge is 0.182 e. The fourth-order valence-electron chi connectivity index (χ4n) is 3.73. The molecule has 0 aliphatic carbocycles. The minimum atomic E-state index is 0.423. The first-order valence-corrected chi connectivity index (χ1v) is 12.6. The monoisotopic (exact) mass is 504 g/mol. The normalized spacial score (nSPS) is 14.8. The SMILES string of the molecule is CN(C)c1ccc(-c2nc(CCc3ccc(Br)cc3)n(C3CCSCC3)n2)c(Cl)c1. The van der Waals surface area contributed by atoms with Crippen molar-refractivity contribution < 1.29 is 0 Å². The van der Waals surface area contributed by atoms with E-state index in [2.05, 4.69) is 50.9 Å². The molecule has 1 saturated heterocycles. The number of halogens is 2. The molecule has 1 aromatic heterocycles. The maximum absolute atomic E-state index is 6.62. The summed E-state index contributed by atoms with van der Waals surface area (Å²) in [4.78, 5) is 7.01. The van der Waals surface area contributed by atoms with Gasteiger partial charge in [-0.3, -0.25) is 0 Å². The molecule has 2 heterocycles. The maximum Gasteiger partial charge on any atom is 0.182 e. The van der Waals surface area contributed by atoms with Gasteiger partial charge in [0.2, 0.25) is 0 Å². The number of hydrogen-bond donors (Lipinski definition) is 0. The molecule has 0 atom stereocenters. The van der Waals surface area contributed by atoms with Crippen molar-refractivity contribution in [3.63, 3.8) is 0 Å². The summed E-state index contributed by atoms with van der Waals surface area (Å²) in [6.45, 7) is 0. The lowest BCUT2D eigenvalue weighted by atomic mass is 10.1. The number of benzene rings is 2. The van der Waals surface area contributed by atoms with Crippen LogP contribution in [0.2, 0.25) is 5.02 Å². The van der Waals surface area contributed by atoms with Crippen molar-refractivity contribution in [2.75, 3.05) is 30.5 Å². The van der Waals surface area contributed by atoms with E-state index in [-0.39, 0.29) is 0 Å². The van der Waals surface area contributed by atoms with Crippen molar-refractivity contribution in [2.24, 2.45) is 0 Å². The molecule has 0 amide bonds. The van der Waals surface area contributed by atoms with Crippen LogP contribution < -0.4 is 4.90 Å². The average molecular weight is 506 g/mol. The van der Waals surface area contributed by atoms with Gasteiger partial charge in [0.25, 0.3) is 0 Å². The Morgan fingerprint density at radius 3 is 2.50 bits per heavy atom. The third-order valence-electron chi connectivity index (χ3n) is 5.50. The van der Waals surface area contributed by atoms with Crippen LogP contribution in [0.15, 0.2) is 46.9 Å². The van der Waals surface area contributed by atoms with Crippen molar-refractivity contribution in [3.8, 4) is 11.4 Å². The highest BCUT2D eigenvalue weighted by atomic mass is 79.9. The fourth-order valence-corrected chi connectivity index (χ4v) is 5.34. The second-order valence-corrected chi connectivity index (χ2v) is 10.4. The summed E-state index contributed by atoms with van der Waals surface area (Å²) in [5.74, 6) is 4.15. The standard InChI is InChI=1S/C23H26BrClN4S/c1-28(2)19-8-9-20(21(25)15-19)23-26-22(10-5-16-3-6-17(24)7-4-16)29(27-23)18-11-13-30-14-12-18/h3-4,6-9,15,18H,5,10-14H2,1-2H3. The minimum Gasteiger partial charge on any atom is -0.378 e. The highest BCUT2D eigenvalue weighted by Crippen LogP contribution is 2.32. The average Bonchev–Trinajstić information content (AvgIpc) is 3.18. The second kappa shape index (κ2) is 9.75. The van der Waals surface area contributed by atoms with Crippen molar-refractivity contribution >= 4 is 45.0 Å². The van der Waals surface area contributed by atoms with Crippen molar-refractivity contribution in [3.05, 3.63) is 63.3 Å². The highest BCUT2D eigenvalue weighted by molar-refractivity contribution is 9.10. The van der Waals surface area contributed by atoms with Crippen LogP contribution in [0.3, 0.4) is 0 Å². The molecule has 0 saturated carbocycles. The molecule has 0 radical (unpaired) electrons. The molecule has 1 aliphatic rings. The third kappa shape index (κ3) is 5.04. The zero-order chi connectivity index (χ0) is 21.1. The first-order valence-electron chi connectivity index (χ1n) is 10.3. The van der Waals surface area contributed by atoms with Crippen LogP contribution in [-0.2, 0) is 12.8 Å². The van der Waals surface area contributed by atoms with E-state index in [0.29, 0.717) is 11.1 Å². The molecule has 4 nitrogen and oxygen atoms in total. The van der Waals surface area contributed by atoms with Crippen molar-refractivity contribution in [1.82, 2.24) is 14.8 Å². The predicted molar refractivity (Wildman–Crippen MR) is 132 cm³/mol. The van der Waals surface area contributed by atoms with Crippen LogP contribution in [0, 0.1) is 0 Å². The number of aromatic nitrogens is 3. The zero-order valence-corrected chi connectivity index (χ0v) is 20.5. The molecule has 0 N–H and O–H groups in total. The summed E-state index contributed by atoms with van der Waals surface area (Å²) in [7, 11) is 4.03. The van der Waals surface area contributed by atoms with Gasteiger partial charge in [-0.15, -0.1) is 0 Å². The lowest BCUT2D eigenvalue weighted by molar-refractivity contribution is 0.410. The van der Waals surface area contributed by atoms with Gasteiger partial charge in [0, 0.05) is 36.2 Å². The Balaban J connectivity index is 1.64. The maximum atomic E-state index is 6.62. The summed E-state index contributed by atoms with van der Waals surface area (Å²) >= 11 is 12.2. The van der Waals surface area contributed by atoms with E-state index in [9.17, 15) is 0 Å². The number of anilines is 1. The lowest BCUT2D eigenvalue weighted by Gasteiger charge is -2.23. The summed E-state index contributed by atoms with van der Waals surface area (Å²) in [5, 5.41) is 5.65. The number of rotatable bonds is 6. The van der Waals surface area contributed by atoms with E-state index >= 15 is 0 Å². The van der Waals surface area contributed by atoms with Gasteiger partial charge in [-0.25, -0.2) is 9.67 Å². The molecule has 1 fully saturated rings. The van der Waals surface area contributed by atoms with E-state index in [4.69, 9.17) is 21.7 Å². The molecule has 0 bridgehead atoms. The summed E-state index contributed by atoms with van der Waals surface area (Å²) in [6, 6.07) is 15.0. The Hall–Kier alpha value is -1.50. The Bertz CT molecular complexity index is 997. The first kappa shape index (κ1) is 21.7. The molecule has 0 unspecified atom stereocenters. The van der Waals surface area contributed by atoms with Gasteiger partial charge in [-0.1, -0.05) is 39.7 Å². The quantitative estimate of drug-likeness (QED) is 0.395. The van der Waals surface area contributed by atoms with Gasteiger partial charge < -0.3 is 4.90 Å². The van der Waals surface area contributed by atoms with Crippen LogP contribution in [0.25, 0.3) is 11.4 Å². The van der Waals surface area contributed by atoms with Crippen molar-refractivity contribution in [2.45, 2.75) is 31.7 Å². The molecule has 3 aromatic rings. The number of aryl methyl sites for hydroxylation is 2. The van der Waals surface area contributed by atoms with Gasteiger partial charge in [-0.2, -0.15) is 16.9 Å². The van der Waals surface area contributed by atoms with Crippen LogP contribution in [-0.4, -0.2) is 40.4 Å². The molecule has 1 aliphatic heterocycles. The molecular weight excluding hydrogens is 480 g/mol.